The highest BCUT2D eigenvalue weighted by Crippen LogP contribution is 2.11. The third-order valence-corrected chi connectivity index (χ3v) is 4.42. The number of hydrogen-bond donors (Lipinski definition) is 5. The quantitative estimate of drug-likeness (QED) is 0.253. The van der Waals surface area contributed by atoms with Crippen LogP contribution in [-0.4, -0.2) is 74.6 Å². The van der Waals surface area contributed by atoms with E-state index in [1.165, 1.54) is 4.90 Å². The summed E-state index contributed by atoms with van der Waals surface area (Å²) in [6.07, 6.45) is -0.344. The Kier molecular flexibility index (Phi) is 13.3. The molecule has 0 aromatic heterocycles. The van der Waals surface area contributed by atoms with Gasteiger partial charge in [0.05, 0.1) is 0 Å². The first kappa shape index (κ1) is 24.8. The van der Waals surface area contributed by atoms with Crippen molar-refractivity contribution in [2.75, 3.05) is 13.1 Å². The highest BCUT2D eigenvalue weighted by molar-refractivity contribution is 5.82. The number of nitrogens with zero attached hydrogens (tertiary/aromatic N) is 1. The molecule has 0 aromatic carbocycles. The van der Waals surface area contributed by atoms with Crippen LogP contribution in [0, 0.1) is 0 Å². The van der Waals surface area contributed by atoms with Crippen molar-refractivity contribution in [1.29, 1.82) is 0 Å². The Morgan fingerprint density at radius 3 is 1.58 bits per heavy atom. The van der Waals surface area contributed by atoms with Gasteiger partial charge in [0, 0.05) is 13.1 Å². The Bertz CT molecular complexity index is 395. The molecule has 0 spiro atoms. The molecule has 154 valence electrons. The van der Waals surface area contributed by atoms with E-state index in [1.54, 1.807) is 0 Å². The van der Waals surface area contributed by atoms with Gasteiger partial charge in [-0.05, 0) is 12.8 Å². The number of carbonyl (C=O) groups is 2. The molecule has 2 amide bonds. The van der Waals surface area contributed by atoms with Crippen LogP contribution in [0.5, 0.6) is 0 Å². The SMILES string of the molecule is CCCCCCN(CCCCCC)C(=O)C(O)C(O)C(O)C(O)C(N)=O. The number of carbonyl (C=O) groups excluding carboxylic acids is 2. The number of primary amides is 1. The van der Waals surface area contributed by atoms with Crippen molar-refractivity contribution < 1.29 is 30.0 Å². The molecule has 6 N–H and O–H groups in total. The fourth-order valence-electron chi connectivity index (χ4n) is 2.67. The lowest BCUT2D eigenvalue weighted by atomic mass is 10.0. The second-order valence-corrected chi connectivity index (χ2v) is 6.72. The van der Waals surface area contributed by atoms with Gasteiger partial charge >= 0.3 is 0 Å². The molecular weight excluding hydrogens is 340 g/mol. The molecule has 0 heterocycles. The highest BCUT2D eigenvalue weighted by Gasteiger charge is 2.38. The Morgan fingerprint density at radius 2 is 1.19 bits per heavy atom. The number of rotatable bonds is 15. The third-order valence-electron chi connectivity index (χ3n) is 4.42. The van der Waals surface area contributed by atoms with Gasteiger partial charge in [0.25, 0.3) is 5.91 Å². The van der Waals surface area contributed by atoms with E-state index in [0.29, 0.717) is 13.1 Å². The average Bonchev–Trinajstić information content (AvgIpc) is 2.63. The zero-order valence-electron chi connectivity index (χ0n) is 16.0. The van der Waals surface area contributed by atoms with Crippen LogP contribution in [0.3, 0.4) is 0 Å². The van der Waals surface area contributed by atoms with Crippen LogP contribution in [0.2, 0.25) is 0 Å². The Labute approximate surface area is 156 Å². The normalized spacial score (nSPS) is 15.9. The summed E-state index contributed by atoms with van der Waals surface area (Å²) in [6, 6.07) is 0. The lowest BCUT2D eigenvalue weighted by molar-refractivity contribution is -0.160. The van der Waals surface area contributed by atoms with Crippen molar-refractivity contribution >= 4 is 11.8 Å². The minimum Gasteiger partial charge on any atom is -0.387 e. The van der Waals surface area contributed by atoms with Crippen molar-refractivity contribution in [2.45, 2.75) is 89.6 Å². The maximum Gasteiger partial charge on any atom is 0.254 e. The summed E-state index contributed by atoms with van der Waals surface area (Å²) in [4.78, 5) is 24.9. The zero-order valence-corrected chi connectivity index (χ0v) is 16.0. The van der Waals surface area contributed by atoms with Gasteiger partial charge in [-0.25, -0.2) is 0 Å². The molecule has 8 heteroatoms. The molecule has 0 fully saturated rings. The minimum absolute atomic E-state index is 0.448. The molecule has 4 atom stereocenters. The molecule has 0 aliphatic heterocycles. The summed E-state index contributed by atoms with van der Waals surface area (Å²) in [7, 11) is 0. The smallest absolute Gasteiger partial charge is 0.254 e. The summed E-state index contributed by atoms with van der Waals surface area (Å²) in [6.45, 7) is 5.06. The molecule has 0 saturated carbocycles. The van der Waals surface area contributed by atoms with Crippen LogP contribution in [0.1, 0.15) is 65.2 Å². The molecule has 0 saturated heterocycles. The fourth-order valence-corrected chi connectivity index (χ4v) is 2.67. The number of nitrogens with two attached hydrogens (primary N) is 1. The van der Waals surface area contributed by atoms with Gasteiger partial charge in [-0.1, -0.05) is 52.4 Å². The summed E-state index contributed by atoms with van der Waals surface area (Å²) in [5, 5.41) is 39.2. The van der Waals surface area contributed by atoms with Crippen molar-refractivity contribution in [2.24, 2.45) is 5.73 Å². The summed E-state index contributed by atoms with van der Waals surface area (Å²) in [5.74, 6) is -1.96. The predicted molar refractivity (Wildman–Crippen MR) is 98.1 cm³/mol. The number of unbranched alkanes of at least 4 members (excludes halogenated alkanes) is 6. The molecule has 26 heavy (non-hydrogen) atoms. The molecule has 0 bridgehead atoms. The van der Waals surface area contributed by atoms with E-state index in [1.807, 2.05) is 0 Å². The van der Waals surface area contributed by atoms with Gasteiger partial charge < -0.3 is 31.1 Å². The highest BCUT2D eigenvalue weighted by atomic mass is 16.4. The van der Waals surface area contributed by atoms with E-state index in [0.717, 1.165) is 51.4 Å². The summed E-state index contributed by atoms with van der Waals surface area (Å²) in [5.41, 5.74) is 4.86. The standard InChI is InChI=1S/C18H36N2O6/c1-3-5-7-9-11-20(12-10-8-6-4-2)18(26)16(24)14(22)13(21)15(23)17(19)25/h13-16,21-24H,3-12H2,1-2H3,(H2,19,25). The van der Waals surface area contributed by atoms with E-state index >= 15 is 0 Å². The maximum absolute atomic E-state index is 12.5. The molecule has 4 unspecified atom stereocenters. The molecular formula is C18H36N2O6. The van der Waals surface area contributed by atoms with Crippen molar-refractivity contribution in [3.05, 3.63) is 0 Å². The van der Waals surface area contributed by atoms with Crippen LogP contribution >= 0.6 is 0 Å². The van der Waals surface area contributed by atoms with Gasteiger partial charge in [-0.3, -0.25) is 9.59 Å². The first-order chi connectivity index (χ1) is 12.3. The van der Waals surface area contributed by atoms with E-state index < -0.39 is 36.2 Å². The number of hydrogen-bond acceptors (Lipinski definition) is 6. The molecule has 0 radical (unpaired) electrons. The summed E-state index contributed by atoms with van der Waals surface area (Å²) < 4.78 is 0. The fraction of sp³-hybridized carbons (Fsp3) is 0.889. The van der Waals surface area contributed by atoms with Gasteiger partial charge in [-0.15, -0.1) is 0 Å². The van der Waals surface area contributed by atoms with Gasteiger partial charge in [-0.2, -0.15) is 0 Å². The molecule has 0 aliphatic carbocycles. The van der Waals surface area contributed by atoms with E-state index in [2.05, 4.69) is 13.8 Å². The Morgan fingerprint density at radius 1 is 0.769 bits per heavy atom. The first-order valence-electron chi connectivity index (χ1n) is 9.58. The molecule has 0 rings (SSSR count). The number of aliphatic hydroxyl groups excluding tert-OH is 4. The van der Waals surface area contributed by atoms with Crippen LogP contribution in [0.15, 0.2) is 0 Å². The molecule has 0 aliphatic rings. The monoisotopic (exact) mass is 376 g/mol. The van der Waals surface area contributed by atoms with Crippen molar-refractivity contribution in [3.8, 4) is 0 Å². The molecule has 8 nitrogen and oxygen atoms in total. The van der Waals surface area contributed by atoms with Crippen LogP contribution < -0.4 is 5.73 Å². The second-order valence-electron chi connectivity index (χ2n) is 6.72. The lowest BCUT2D eigenvalue weighted by Gasteiger charge is -2.30. The van der Waals surface area contributed by atoms with E-state index in [9.17, 15) is 30.0 Å². The van der Waals surface area contributed by atoms with Crippen LogP contribution in [0.4, 0.5) is 0 Å². The zero-order chi connectivity index (χ0) is 20.1. The van der Waals surface area contributed by atoms with E-state index in [4.69, 9.17) is 5.73 Å². The van der Waals surface area contributed by atoms with Gasteiger partial charge in [0.15, 0.2) is 12.2 Å². The Balaban J connectivity index is 4.83. The Hall–Kier alpha value is -1.22. The predicted octanol–water partition coefficient (Wildman–Crippen LogP) is -0.0955. The van der Waals surface area contributed by atoms with Crippen LogP contribution in [-0.2, 0) is 9.59 Å². The van der Waals surface area contributed by atoms with Crippen molar-refractivity contribution in [3.63, 3.8) is 0 Å². The third kappa shape index (κ3) is 8.93. The lowest BCUT2D eigenvalue weighted by Crippen LogP contribution is -2.54. The topological polar surface area (TPSA) is 144 Å². The number of aliphatic hydroxyl groups is 4. The second kappa shape index (κ2) is 13.9. The largest absolute Gasteiger partial charge is 0.387 e. The average molecular weight is 376 g/mol. The minimum atomic E-state index is -2.06. The van der Waals surface area contributed by atoms with Gasteiger partial charge in [0.2, 0.25) is 5.91 Å². The summed E-state index contributed by atoms with van der Waals surface area (Å²) >= 11 is 0. The van der Waals surface area contributed by atoms with E-state index in [-0.39, 0.29) is 0 Å². The van der Waals surface area contributed by atoms with Crippen LogP contribution in [0.25, 0.3) is 0 Å². The first-order valence-corrected chi connectivity index (χ1v) is 9.58. The molecule has 0 aromatic rings. The maximum atomic E-state index is 12.5. The number of amides is 2. The van der Waals surface area contributed by atoms with Crippen molar-refractivity contribution in [1.82, 2.24) is 4.90 Å². The van der Waals surface area contributed by atoms with Gasteiger partial charge in [0.1, 0.15) is 12.2 Å².